The first kappa shape index (κ1) is 19.0. The summed E-state index contributed by atoms with van der Waals surface area (Å²) in [5.41, 5.74) is 1.71. The first-order chi connectivity index (χ1) is 12.9. The lowest BCUT2D eigenvalue weighted by Gasteiger charge is -2.12. The molecule has 9 heteroatoms. The number of carbonyl (C=O) groups excluding carboxylic acids is 1. The molecule has 0 bridgehead atoms. The van der Waals surface area contributed by atoms with Gasteiger partial charge in [-0.3, -0.25) is 4.79 Å². The molecule has 27 heavy (non-hydrogen) atoms. The van der Waals surface area contributed by atoms with Crippen LogP contribution in [0.2, 0.25) is 0 Å². The molecule has 1 heterocycles. The average Bonchev–Trinajstić information content (AvgIpc) is 3.11. The van der Waals surface area contributed by atoms with Crippen LogP contribution in [-0.2, 0) is 0 Å². The van der Waals surface area contributed by atoms with Crippen LogP contribution in [0.4, 0.5) is 8.78 Å². The average molecular weight is 390 g/mol. The third-order valence-electron chi connectivity index (χ3n) is 3.86. The normalized spacial score (nSPS) is 12.0. The number of nitrogens with zero attached hydrogens (tertiary/aromatic N) is 4. The van der Waals surface area contributed by atoms with Gasteiger partial charge >= 0.3 is 0 Å². The Hall–Kier alpha value is -2.81. The van der Waals surface area contributed by atoms with E-state index in [1.165, 1.54) is 10.7 Å². The number of carbonyl (C=O) groups is 1. The van der Waals surface area contributed by atoms with E-state index in [2.05, 4.69) is 15.5 Å². The summed E-state index contributed by atoms with van der Waals surface area (Å²) >= 11 is 1.12. The number of hydrogen-bond acceptors (Lipinski definition) is 6. The van der Waals surface area contributed by atoms with Gasteiger partial charge in [0.05, 0.1) is 12.4 Å². The lowest BCUT2D eigenvalue weighted by Crippen LogP contribution is -2.15. The molecule has 1 unspecified atom stereocenters. The first-order valence-corrected chi connectivity index (χ1v) is 8.88. The molecule has 0 amide bonds. The number of halogens is 2. The van der Waals surface area contributed by atoms with Crippen molar-refractivity contribution in [3.05, 3.63) is 59.2 Å². The Kier molecular flexibility index (Phi) is 5.50. The number of tetrazole rings is 1. The van der Waals surface area contributed by atoms with Crippen LogP contribution >= 0.6 is 11.8 Å². The third kappa shape index (κ3) is 3.97. The summed E-state index contributed by atoms with van der Waals surface area (Å²) in [5.74, 6) is -1.84. The predicted molar refractivity (Wildman–Crippen MR) is 96.5 cm³/mol. The molecule has 1 atom stereocenters. The van der Waals surface area contributed by atoms with E-state index in [4.69, 9.17) is 4.74 Å². The summed E-state index contributed by atoms with van der Waals surface area (Å²) in [4.78, 5) is 12.5. The maximum absolute atomic E-state index is 13.4. The van der Waals surface area contributed by atoms with Gasteiger partial charge in [0, 0.05) is 5.56 Å². The van der Waals surface area contributed by atoms with Gasteiger partial charge in [0.15, 0.2) is 17.4 Å². The number of benzene rings is 2. The van der Waals surface area contributed by atoms with E-state index < -0.39 is 16.9 Å². The molecule has 0 fully saturated rings. The van der Waals surface area contributed by atoms with E-state index in [1.54, 1.807) is 20.1 Å². The van der Waals surface area contributed by atoms with Gasteiger partial charge in [-0.15, -0.1) is 5.10 Å². The lowest BCUT2D eigenvalue weighted by molar-refractivity contribution is 0.0993. The molecule has 140 valence electrons. The molecular weight excluding hydrogens is 374 g/mol. The summed E-state index contributed by atoms with van der Waals surface area (Å²) in [7, 11) is 1.54. The number of hydrogen-bond donors (Lipinski definition) is 0. The summed E-state index contributed by atoms with van der Waals surface area (Å²) in [6, 6.07) is 8.64. The van der Waals surface area contributed by atoms with Crippen LogP contribution in [0, 0.1) is 18.6 Å². The van der Waals surface area contributed by atoms with Crippen molar-refractivity contribution in [3.8, 4) is 11.4 Å². The summed E-state index contributed by atoms with van der Waals surface area (Å²) < 4.78 is 33.3. The number of ether oxygens (including phenoxy) is 1. The number of methoxy groups -OCH3 is 1. The Balaban J connectivity index is 1.87. The Morgan fingerprint density at radius 3 is 2.67 bits per heavy atom. The third-order valence-corrected chi connectivity index (χ3v) is 4.89. The highest BCUT2D eigenvalue weighted by molar-refractivity contribution is 8.00. The minimum Gasteiger partial charge on any atom is -0.494 e. The summed E-state index contributed by atoms with van der Waals surface area (Å²) in [6.07, 6.45) is 0. The molecule has 0 N–H and O–H groups in total. The SMILES string of the molecule is COc1ccc(C)cc1-n1nnnc1SC(C)C(=O)c1ccc(F)c(F)c1. The highest BCUT2D eigenvalue weighted by atomic mass is 32.2. The van der Waals surface area contributed by atoms with Gasteiger partial charge in [-0.2, -0.15) is 4.68 Å². The van der Waals surface area contributed by atoms with Gasteiger partial charge in [-0.25, -0.2) is 8.78 Å². The van der Waals surface area contributed by atoms with Crippen molar-refractivity contribution in [1.82, 2.24) is 20.2 Å². The number of aromatic nitrogens is 4. The second-order valence-corrected chi connectivity index (χ2v) is 7.11. The molecule has 6 nitrogen and oxygen atoms in total. The van der Waals surface area contributed by atoms with Gasteiger partial charge in [-0.1, -0.05) is 17.8 Å². The molecular formula is C18H16F2N4O2S. The van der Waals surface area contributed by atoms with Crippen molar-refractivity contribution in [3.63, 3.8) is 0 Å². The highest BCUT2D eigenvalue weighted by Crippen LogP contribution is 2.29. The molecule has 0 radical (unpaired) electrons. The van der Waals surface area contributed by atoms with Crippen molar-refractivity contribution in [2.24, 2.45) is 0 Å². The molecule has 0 aliphatic rings. The molecule has 3 aromatic rings. The van der Waals surface area contributed by atoms with E-state index in [1.807, 2.05) is 19.1 Å². The standard InChI is InChI=1S/C18H16F2N4O2S/c1-10-4-7-16(26-3)15(8-10)24-18(21-22-23-24)27-11(2)17(25)12-5-6-13(19)14(20)9-12/h4-9,11H,1-3H3. The zero-order valence-corrected chi connectivity index (χ0v) is 15.6. The quantitative estimate of drug-likeness (QED) is 0.473. The van der Waals surface area contributed by atoms with E-state index in [0.29, 0.717) is 16.6 Å². The molecule has 0 spiro atoms. The molecule has 0 aliphatic carbocycles. The van der Waals surface area contributed by atoms with Crippen molar-refractivity contribution in [2.75, 3.05) is 7.11 Å². The predicted octanol–water partition coefficient (Wildman–Crippen LogP) is 3.62. The fraction of sp³-hybridized carbons (Fsp3) is 0.222. The van der Waals surface area contributed by atoms with Gasteiger partial charge in [0.2, 0.25) is 5.16 Å². The maximum atomic E-state index is 13.4. The zero-order valence-electron chi connectivity index (χ0n) is 14.8. The van der Waals surface area contributed by atoms with Gasteiger partial charge in [-0.05, 0) is 60.2 Å². The fourth-order valence-electron chi connectivity index (χ4n) is 2.46. The minimum atomic E-state index is -1.06. The number of aryl methyl sites for hydroxylation is 1. The fourth-order valence-corrected chi connectivity index (χ4v) is 3.34. The number of thioether (sulfide) groups is 1. The molecule has 0 aliphatic heterocycles. The molecule has 1 aromatic heterocycles. The summed E-state index contributed by atoms with van der Waals surface area (Å²) in [5, 5.41) is 11.4. The topological polar surface area (TPSA) is 69.9 Å². The second-order valence-electron chi connectivity index (χ2n) is 5.80. The van der Waals surface area contributed by atoms with Crippen LogP contribution in [-0.4, -0.2) is 38.4 Å². The second kappa shape index (κ2) is 7.83. The Morgan fingerprint density at radius 2 is 1.96 bits per heavy atom. The monoisotopic (exact) mass is 390 g/mol. The molecule has 2 aromatic carbocycles. The van der Waals surface area contributed by atoms with E-state index in [-0.39, 0.29) is 11.3 Å². The van der Waals surface area contributed by atoms with E-state index in [9.17, 15) is 13.6 Å². The van der Waals surface area contributed by atoms with Crippen LogP contribution in [0.3, 0.4) is 0 Å². The smallest absolute Gasteiger partial charge is 0.214 e. The number of ketones is 1. The maximum Gasteiger partial charge on any atom is 0.214 e. The van der Waals surface area contributed by atoms with E-state index in [0.717, 1.165) is 29.5 Å². The van der Waals surface area contributed by atoms with Gasteiger partial charge in [0.25, 0.3) is 0 Å². The number of Topliss-reactive ketones (excluding diaryl/α,β-unsaturated/α-hetero) is 1. The Bertz CT molecular complexity index is 993. The van der Waals surface area contributed by atoms with Gasteiger partial charge in [0.1, 0.15) is 11.4 Å². The van der Waals surface area contributed by atoms with Crippen molar-refractivity contribution in [1.29, 1.82) is 0 Å². The Morgan fingerprint density at radius 1 is 1.19 bits per heavy atom. The molecule has 0 saturated heterocycles. The molecule has 3 rings (SSSR count). The van der Waals surface area contributed by atoms with E-state index >= 15 is 0 Å². The number of rotatable bonds is 6. The van der Waals surface area contributed by atoms with Crippen LogP contribution in [0.25, 0.3) is 5.69 Å². The van der Waals surface area contributed by atoms with Crippen molar-refractivity contribution < 1.29 is 18.3 Å². The van der Waals surface area contributed by atoms with Crippen LogP contribution in [0.1, 0.15) is 22.8 Å². The Labute approximate surface area is 158 Å². The molecule has 0 saturated carbocycles. The van der Waals surface area contributed by atoms with Crippen LogP contribution in [0.15, 0.2) is 41.6 Å². The van der Waals surface area contributed by atoms with Crippen LogP contribution < -0.4 is 4.74 Å². The van der Waals surface area contributed by atoms with Crippen LogP contribution in [0.5, 0.6) is 5.75 Å². The van der Waals surface area contributed by atoms with Gasteiger partial charge < -0.3 is 4.74 Å². The lowest BCUT2D eigenvalue weighted by atomic mass is 10.1. The van der Waals surface area contributed by atoms with Crippen molar-refractivity contribution >= 4 is 17.5 Å². The summed E-state index contributed by atoms with van der Waals surface area (Å²) in [6.45, 7) is 3.58. The first-order valence-electron chi connectivity index (χ1n) is 8.00. The zero-order chi connectivity index (χ0) is 19.6. The van der Waals surface area contributed by atoms with Crippen molar-refractivity contribution in [2.45, 2.75) is 24.3 Å². The minimum absolute atomic E-state index is 0.0843. The largest absolute Gasteiger partial charge is 0.494 e. The highest BCUT2D eigenvalue weighted by Gasteiger charge is 2.22.